The van der Waals surface area contributed by atoms with Gasteiger partial charge < -0.3 is 10.3 Å². The van der Waals surface area contributed by atoms with Gasteiger partial charge in [-0.2, -0.15) is 5.10 Å². The predicted octanol–water partition coefficient (Wildman–Crippen LogP) is 4.20. The van der Waals surface area contributed by atoms with Crippen LogP contribution in [0.25, 0.3) is 38.6 Å². The zero-order valence-corrected chi connectivity index (χ0v) is 20.2. The lowest BCUT2D eigenvalue weighted by Crippen LogP contribution is -2.26. The Morgan fingerprint density at radius 1 is 0.973 bits per heavy atom. The van der Waals surface area contributed by atoms with Crippen molar-refractivity contribution in [1.29, 1.82) is 0 Å². The first-order valence-corrected chi connectivity index (χ1v) is 11.8. The Kier molecular flexibility index (Phi) is 5.37. The summed E-state index contributed by atoms with van der Waals surface area (Å²) in [4.78, 5) is 38.3. The Hall–Kier alpha value is -5.05. The molecule has 0 unspecified atom stereocenters. The van der Waals surface area contributed by atoms with Gasteiger partial charge in [0.05, 0.1) is 17.6 Å². The molecular formula is C28H23N7O2. The molecule has 37 heavy (non-hydrogen) atoms. The van der Waals surface area contributed by atoms with E-state index in [0.29, 0.717) is 22.2 Å². The molecule has 0 aliphatic heterocycles. The maximum absolute atomic E-state index is 14.2. The van der Waals surface area contributed by atoms with E-state index in [9.17, 15) is 9.59 Å². The molecule has 2 N–H and O–H groups in total. The largest absolute Gasteiger partial charge is 0.361 e. The fraction of sp³-hybridized carbons (Fsp3) is 0.107. The smallest absolute Gasteiger partial charge is 0.263 e. The molecular weight excluding hydrogens is 466 g/mol. The van der Waals surface area contributed by atoms with Crippen LogP contribution in [0.5, 0.6) is 0 Å². The fourth-order valence-corrected chi connectivity index (χ4v) is 4.74. The van der Waals surface area contributed by atoms with Crippen molar-refractivity contribution in [1.82, 2.24) is 29.3 Å². The van der Waals surface area contributed by atoms with E-state index in [1.165, 1.54) is 12.4 Å². The quantitative estimate of drug-likeness (QED) is 0.376. The summed E-state index contributed by atoms with van der Waals surface area (Å²) in [7, 11) is 1.85. The molecule has 9 heteroatoms. The van der Waals surface area contributed by atoms with Gasteiger partial charge in [-0.15, -0.1) is 0 Å². The van der Waals surface area contributed by atoms with E-state index in [1.807, 2.05) is 74.8 Å². The van der Waals surface area contributed by atoms with Crippen LogP contribution in [0.15, 0.2) is 95.2 Å². The highest BCUT2D eigenvalue weighted by Gasteiger charge is 2.20. The van der Waals surface area contributed by atoms with Gasteiger partial charge in [0, 0.05) is 42.5 Å². The van der Waals surface area contributed by atoms with Crippen molar-refractivity contribution in [2.45, 2.75) is 13.0 Å². The first-order valence-electron chi connectivity index (χ1n) is 11.8. The number of para-hydroxylation sites is 1. The highest BCUT2D eigenvalue weighted by molar-refractivity contribution is 5.96. The van der Waals surface area contributed by atoms with Crippen molar-refractivity contribution in [3.05, 3.63) is 112 Å². The third-order valence-corrected chi connectivity index (χ3v) is 6.45. The molecule has 0 saturated heterocycles. The molecule has 0 saturated carbocycles. The number of nitrogens with zero attached hydrogens (tertiary/aromatic N) is 5. The maximum Gasteiger partial charge on any atom is 0.263 e. The van der Waals surface area contributed by atoms with E-state index in [0.717, 1.165) is 27.9 Å². The van der Waals surface area contributed by atoms with Crippen LogP contribution in [0.1, 0.15) is 18.7 Å². The van der Waals surface area contributed by atoms with Crippen LogP contribution in [-0.4, -0.2) is 29.3 Å². The lowest BCUT2D eigenvalue weighted by Gasteiger charge is -2.22. The van der Waals surface area contributed by atoms with E-state index in [-0.39, 0.29) is 17.0 Å². The second-order valence-corrected chi connectivity index (χ2v) is 8.87. The van der Waals surface area contributed by atoms with Crippen molar-refractivity contribution < 1.29 is 0 Å². The lowest BCUT2D eigenvalue weighted by molar-refractivity contribution is 0.768. The summed E-state index contributed by atoms with van der Waals surface area (Å²) in [5, 5.41) is 9.43. The van der Waals surface area contributed by atoms with Gasteiger partial charge in [0.2, 0.25) is 0 Å². The third-order valence-electron chi connectivity index (χ3n) is 6.45. The molecule has 4 aromatic heterocycles. The molecule has 0 radical (unpaired) electrons. The van der Waals surface area contributed by atoms with Crippen LogP contribution in [0.2, 0.25) is 0 Å². The van der Waals surface area contributed by atoms with Crippen LogP contribution < -0.4 is 16.3 Å². The molecule has 2 aromatic carbocycles. The molecule has 0 bridgehead atoms. The average Bonchev–Trinajstić information content (AvgIpc) is 3.35. The minimum absolute atomic E-state index is 0.141. The van der Waals surface area contributed by atoms with Crippen molar-refractivity contribution in [2.75, 3.05) is 5.32 Å². The zero-order chi connectivity index (χ0) is 25.5. The van der Waals surface area contributed by atoms with Gasteiger partial charge in [0.15, 0.2) is 5.43 Å². The lowest BCUT2D eigenvalue weighted by atomic mass is 9.99. The number of hydrogen-bond acceptors (Lipinski definition) is 6. The summed E-state index contributed by atoms with van der Waals surface area (Å²) in [6.45, 7) is 1.94. The number of aromatic amines is 1. The van der Waals surface area contributed by atoms with Gasteiger partial charge in [0.1, 0.15) is 23.2 Å². The van der Waals surface area contributed by atoms with Crippen LogP contribution >= 0.6 is 0 Å². The van der Waals surface area contributed by atoms with Crippen molar-refractivity contribution in [3.8, 4) is 16.8 Å². The topological polar surface area (TPSA) is 110 Å². The first kappa shape index (κ1) is 22.4. The summed E-state index contributed by atoms with van der Waals surface area (Å²) in [5.41, 5.74) is 3.27. The molecule has 182 valence electrons. The molecule has 0 spiro atoms. The third kappa shape index (κ3) is 3.86. The molecule has 0 fully saturated rings. The number of aryl methyl sites for hydroxylation is 1. The molecule has 6 rings (SSSR count). The van der Waals surface area contributed by atoms with E-state index < -0.39 is 0 Å². The number of aromatic nitrogens is 6. The highest BCUT2D eigenvalue weighted by atomic mass is 16.1. The van der Waals surface area contributed by atoms with Crippen molar-refractivity contribution >= 4 is 27.6 Å². The second kappa shape index (κ2) is 8.87. The van der Waals surface area contributed by atoms with Gasteiger partial charge in [-0.25, -0.2) is 9.97 Å². The monoisotopic (exact) mass is 489 g/mol. The summed E-state index contributed by atoms with van der Waals surface area (Å²) < 4.78 is 3.44. The summed E-state index contributed by atoms with van der Waals surface area (Å²) in [6, 6.07) is 18.4. The van der Waals surface area contributed by atoms with Crippen molar-refractivity contribution in [2.24, 2.45) is 7.05 Å². The second-order valence-electron chi connectivity index (χ2n) is 8.87. The fourth-order valence-electron chi connectivity index (χ4n) is 4.74. The van der Waals surface area contributed by atoms with E-state index in [2.05, 4.69) is 25.4 Å². The summed E-state index contributed by atoms with van der Waals surface area (Å²) >= 11 is 0. The standard InChI is InChI=1S/C28H23N7O2/c1-17(33-27-25-23(36)11-12-29-26(25)30-16-31-27)22-13-18-7-6-10-21(19-14-32-34(2)15-19)24(18)28(37)35(22)20-8-4-3-5-9-20/h3-17H,1-2H3,(H2,29,30,31,33,36)/t17-/m0/s1. The normalized spacial score (nSPS) is 12.2. The van der Waals surface area contributed by atoms with Gasteiger partial charge in [-0.1, -0.05) is 36.4 Å². The molecule has 9 nitrogen and oxygen atoms in total. The maximum atomic E-state index is 14.2. The number of nitrogens with one attached hydrogen (secondary N) is 2. The molecule has 1 atom stereocenters. The number of H-pyrrole nitrogens is 1. The summed E-state index contributed by atoms with van der Waals surface area (Å²) in [5.74, 6) is 0.399. The average molecular weight is 490 g/mol. The number of hydrogen-bond donors (Lipinski definition) is 2. The van der Waals surface area contributed by atoms with Crippen LogP contribution in [0.3, 0.4) is 0 Å². The number of rotatable bonds is 5. The molecule has 0 aliphatic rings. The van der Waals surface area contributed by atoms with E-state index in [4.69, 9.17) is 0 Å². The molecule has 4 heterocycles. The van der Waals surface area contributed by atoms with Crippen LogP contribution in [-0.2, 0) is 7.05 Å². The Labute approximate surface area is 211 Å². The van der Waals surface area contributed by atoms with Gasteiger partial charge in [-0.3, -0.25) is 18.8 Å². The Morgan fingerprint density at radius 2 is 1.81 bits per heavy atom. The number of anilines is 1. The minimum Gasteiger partial charge on any atom is -0.361 e. The van der Waals surface area contributed by atoms with Gasteiger partial charge in [0.25, 0.3) is 5.56 Å². The summed E-state index contributed by atoms with van der Waals surface area (Å²) in [6.07, 6.45) is 6.62. The minimum atomic E-state index is -0.378. The zero-order valence-electron chi connectivity index (χ0n) is 20.2. The number of fused-ring (bicyclic) bond motifs is 2. The number of benzene rings is 2. The Balaban J connectivity index is 1.58. The molecule has 6 aromatic rings. The molecule has 0 amide bonds. The van der Waals surface area contributed by atoms with E-state index >= 15 is 0 Å². The first-order chi connectivity index (χ1) is 18.0. The van der Waals surface area contributed by atoms with Gasteiger partial charge in [-0.05, 0) is 36.1 Å². The Bertz CT molecular complexity index is 1880. The molecule has 0 aliphatic carbocycles. The van der Waals surface area contributed by atoms with Crippen LogP contribution in [0.4, 0.5) is 5.82 Å². The van der Waals surface area contributed by atoms with Gasteiger partial charge >= 0.3 is 0 Å². The Morgan fingerprint density at radius 3 is 2.59 bits per heavy atom. The predicted molar refractivity (Wildman–Crippen MR) is 144 cm³/mol. The van der Waals surface area contributed by atoms with Crippen LogP contribution in [0, 0.1) is 0 Å². The number of pyridine rings is 2. The van der Waals surface area contributed by atoms with Crippen molar-refractivity contribution in [3.63, 3.8) is 0 Å². The SMILES string of the molecule is C[C@H](Nc1ncnc2[nH]ccc(=O)c12)c1cc2cccc(-c3cnn(C)c3)c2c(=O)n1-c1ccccc1. The highest BCUT2D eigenvalue weighted by Crippen LogP contribution is 2.30. The van der Waals surface area contributed by atoms with E-state index in [1.54, 1.807) is 21.6 Å².